The molecule has 5 rings (SSSR count). The van der Waals surface area contributed by atoms with Gasteiger partial charge in [-0.15, -0.1) is 11.3 Å². The summed E-state index contributed by atoms with van der Waals surface area (Å²) in [4.78, 5) is 23.2. The third-order valence-corrected chi connectivity index (χ3v) is 8.26. The standard InChI is InChI=1S/C31H27ClF6N4OS/c32-25-8-2-5-22(15-25)18-40(17-21-4-1-6-23(14-21)30(33,34)35)19-28-39-27(20-44-28)29(43)42-12-10-41(11-13-42)26-9-3-7-24(16-26)31(36,37)38/h1-9,14-16,20H,10-13,17-19H2. The van der Waals surface area contributed by atoms with Crippen LogP contribution in [0.25, 0.3) is 0 Å². The highest BCUT2D eigenvalue weighted by molar-refractivity contribution is 7.09. The van der Waals surface area contributed by atoms with Crippen molar-refractivity contribution in [1.29, 1.82) is 0 Å². The van der Waals surface area contributed by atoms with E-state index in [1.54, 1.807) is 40.6 Å². The highest BCUT2D eigenvalue weighted by Crippen LogP contribution is 2.32. The lowest BCUT2D eigenvalue weighted by Gasteiger charge is -2.36. The topological polar surface area (TPSA) is 39.7 Å². The fourth-order valence-electron chi connectivity index (χ4n) is 5.05. The zero-order chi connectivity index (χ0) is 31.5. The van der Waals surface area contributed by atoms with E-state index in [2.05, 4.69) is 4.98 Å². The zero-order valence-corrected chi connectivity index (χ0v) is 24.8. The number of thiazole rings is 1. The minimum atomic E-state index is -4.46. The second-order valence-electron chi connectivity index (χ2n) is 10.4. The van der Waals surface area contributed by atoms with Crippen molar-refractivity contribution in [2.24, 2.45) is 0 Å². The largest absolute Gasteiger partial charge is 0.416 e. The Kier molecular flexibility index (Phi) is 9.52. The van der Waals surface area contributed by atoms with Gasteiger partial charge in [0.25, 0.3) is 5.91 Å². The van der Waals surface area contributed by atoms with E-state index < -0.39 is 23.5 Å². The van der Waals surface area contributed by atoms with E-state index in [-0.39, 0.29) is 24.7 Å². The van der Waals surface area contributed by atoms with Gasteiger partial charge in [0.2, 0.25) is 0 Å². The van der Waals surface area contributed by atoms with Gasteiger partial charge >= 0.3 is 12.4 Å². The van der Waals surface area contributed by atoms with Crippen molar-refractivity contribution in [3.05, 3.63) is 116 Å². The first-order chi connectivity index (χ1) is 20.8. The van der Waals surface area contributed by atoms with Crippen LogP contribution in [0.1, 0.15) is 37.7 Å². The molecular formula is C31H27ClF6N4OS. The molecule has 0 bridgehead atoms. The molecule has 5 nitrogen and oxygen atoms in total. The van der Waals surface area contributed by atoms with E-state index in [0.717, 1.165) is 29.8 Å². The van der Waals surface area contributed by atoms with E-state index in [0.29, 0.717) is 54.0 Å². The third-order valence-electron chi connectivity index (χ3n) is 7.19. The molecule has 0 N–H and O–H groups in total. The number of rotatable bonds is 8. The Labute approximate surface area is 259 Å². The Morgan fingerprint density at radius 1 is 0.795 bits per heavy atom. The summed E-state index contributed by atoms with van der Waals surface area (Å²) in [6, 6.07) is 17.5. The molecule has 2 heterocycles. The fourth-order valence-corrected chi connectivity index (χ4v) is 6.07. The van der Waals surface area contributed by atoms with Gasteiger partial charge in [-0.1, -0.05) is 48.0 Å². The van der Waals surface area contributed by atoms with Gasteiger partial charge in [-0.05, 0) is 47.5 Å². The van der Waals surface area contributed by atoms with Crippen LogP contribution in [0, 0.1) is 0 Å². The van der Waals surface area contributed by atoms with E-state index in [9.17, 15) is 31.1 Å². The number of amides is 1. The van der Waals surface area contributed by atoms with Crippen molar-refractivity contribution in [3.63, 3.8) is 0 Å². The molecule has 1 aliphatic rings. The molecule has 0 saturated carbocycles. The average Bonchev–Trinajstić information content (AvgIpc) is 3.44. The van der Waals surface area contributed by atoms with Crippen LogP contribution in [-0.4, -0.2) is 46.9 Å². The van der Waals surface area contributed by atoms with E-state index in [1.807, 2.05) is 15.9 Å². The molecule has 1 fully saturated rings. The highest BCUT2D eigenvalue weighted by Gasteiger charge is 2.32. The van der Waals surface area contributed by atoms with Gasteiger partial charge in [-0.25, -0.2) is 4.98 Å². The Hall–Kier alpha value is -3.61. The molecule has 0 radical (unpaired) electrons. The van der Waals surface area contributed by atoms with E-state index in [4.69, 9.17) is 11.6 Å². The zero-order valence-electron chi connectivity index (χ0n) is 23.2. The lowest BCUT2D eigenvalue weighted by molar-refractivity contribution is -0.138. The molecule has 1 aromatic heterocycles. The predicted molar refractivity (Wildman–Crippen MR) is 158 cm³/mol. The molecule has 3 aromatic carbocycles. The molecule has 0 unspecified atom stereocenters. The van der Waals surface area contributed by atoms with Crippen molar-refractivity contribution in [3.8, 4) is 0 Å². The number of carbonyl (C=O) groups is 1. The quantitative estimate of drug-likeness (QED) is 0.181. The van der Waals surface area contributed by atoms with Crippen molar-refractivity contribution in [2.45, 2.75) is 32.0 Å². The average molecular weight is 653 g/mol. The summed E-state index contributed by atoms with van der Waals surface area (Å²) in [5.41, 5.74) is 0.598. The molecule has 13 heteroatoms. The lowest BCUT2D eigenvalue weighted by Crippen LogP contribution is -2.49. The number of benzene rings is 3. The molecule has 232 valence electrons. The second-order valence-corrected chi connectivity index (χ2v) is 11.8. The summed E-state index contributed by atoms with van der Waals surface area (Å²) in [6.45, 7) is 2.25. The summed E-state index contributed by atoms with van der Waals surface area (Å²) in [5, 5.41) is 2.81. The summed E-state index contributed by atoms with van der Waals surface area (Å²) in [5.74, 6) is -0.282. The fraction of sp³-hybridized carbons (Fsp3) is 0.290. The smallest absolute Gasteiger partial charge is 0.368 e. The van der Waals surface area contributed by atoms with Crippen LogP contribution in [0.3, 0.4) is 0 Å². The van der Waals surface area contributed by atoms with Crippen molar-refractivity contribution in [1.82, 2.24) is 14.8 Å². The van der Waals surface area contributed by atoms with Gasteiger partial charge in [-0.2, -0.15) is 26.3 Å². The second kappa shape index (κ2) is 13.2. The van der Waals surface area contributed by atoms with Crippen molar-refractivity contribution < 1.29 is 31.1 Å². The Balaban J connectivity index is 1.26. The Morgan fingerprint density at radius 2 is 1.39 bits per heavy atom. The van der Waals surface area contributed by atoms with Crippen LogP contribution in [0.2, 0.25) is 5.02 Å². The molecule has 0 spiro atoms. The monoisotopic (exact) mass is 652 g/mol. The Bertz CT molecular complexity index is 1600. The van der Waals surface area contributed by atoms with Crippen LogP contribution in [0.4, 0.5) is 32.0 Å². The number of nitrogens with zero attached hydrogens (tertiary/aromatic N) is 4. The minimum absolute atomic E-state index is 0.205. The number of aromatic nitrogens is 1. The molecule has 44 heavy (non-hydrogen) atoms. The van der Waals surface area contributed by atoms with E-state index in [1.165, 1.54) is 23.5 Å². The van der Waals surface area contributed by atoms with Crippen molar-refractivity contribution >= 4 is 34.5 Å². The third kappa shape index (κ3) is 8.10. The molecule has 0 atom stereocenters. The number of alkyl halides is 6. The molecule has 1 saturated heterocycles. The number of hydrogen-bond donors (Lipinski definition) is 0. The summed E-state index contributed by atoms with van der Waals surface area (Å²) in [6.07, 6.45) is -8.90. The number of halogens is 7. The maximum atomic E-state index is 13.3. The lowest BCUT2D eigenvalue weighted by atomic mass is 10.1. The van der Waals surface area contributed by atoms with Crippen LogP contribution in [-0.2, 0) is 32.0 Å². The number of piperazine rings is 1. The highest BCUT2D eigenvalue weighted by atomic mass is 35.5. The number of hydrogen-bond acceptors (Lipinski definition) is 5. The van der Waals surface area contributed by atoms with Gasteiger partial charge in [0.05, 0.1) is 17.7 Å². The SMILES string of the molecule is O=C(c1csc(CN(Cc2cccc(Cl)c2)Cc2cccc(C(F)(F)F)c2)n1)N1CCN(c2cccc(C(F)(F)F)c2)CC1. The molecule has 1 amide bonds. The predicted octanol–water partition coefficient (Wildman–Crippen LogP) is 8.00. The summed E-state index contributed by atoms with van der Waals surface area (Å²) in [7, 11) is 0. The molecule has 0 aliphatic carbocycles. The summed E-state index contributed by atoms with van der Waals surface area (Å²) < 4.78 is 79.4. The Morgan fingerprint density at radius 3 is 2.02 bits per heavy atom. The molecule has 1 aliphatic heterocycles. The van der Waals surface area contributed by atoms with Gasteiger partial charge in [-0.3, -0.25) is 9.69 Å². The van der Waals surface area contributed by atoms with Crippen molar-refractivity contribution in [2.75, 3.05) is 31.1 Å². The van der Waals surface area contributed by atoms with Crippen LogP contribution in [0.5, 0.6) is 0 Å². The maximum Gasteiger partial charge on any atom is 0.416 e. The molecule has 4 aromatic rings. The van der Waals surface area contributed by atoms with Gasteiger partial charge in [0, 0.05) is 55.4 Å². The van der Waals surface area contributed by atoms with Gasteiger partial charge in [0.15, 0.2) is 0 Å². The van der Waals surface area contributed by atoms with Crippen LogP contribution < -0.4 is 4.90 Å². The number of anilines is 1. The maximum absolute atomic E-state index is 13.3. The van der Waals surface area contributed by atoms with Crippen LogP contribution in [0.15, 0.2) is 78.2 Å². The van der Waals surface area contributed by atoms with Gasteiger partial charge < -0.3 is 9.80 Å². The first kappa shape index (κ1) is 31.8. The first-order valence-electron chi connectivity index (χ1n) is 13.6. The minimum Gasteiger partial charge on any atom is -0.368 e. The first-order valence-corrected chi connectivity index (χ1v) is 14.9. The number of carbonyl (C=O) groups excluding carboxylic acids is 1. The van der Waals surface area contributed by atoms with Crippen LogP contribution >= 0.6 is 22.9 Å². The molecular weight excluding hydrogens is 626 g/mol. The normalized spacial score (nSPS) is 14.4. The van der Waals surface area contributed by atoms with Gasteiger partial charge in [0.1, 0.15) is 10.7 Å². The van der Waals surface area contributed by atoms with E-state index >= 15 is 0 Å². The summed E-state index contributed by atoms with van der Waals surface area (Å²) >= 11 is 7.44.